The van der Waals surface area contributed by atoms with E-state index in [0.717, 1.165) is 6.54 Å². The number of carbonyl (C=O) groups is 1. The fourth-order valence-electron chi connectivity index (χ4n) is 2.00. The summed E-state index contributed by atoms with van der Waals surface area (Å²) >= 11 is 0. The Morgan fingerprint density at radius 1 is 1.29 bits per heavy atom. The molecule has 0 bridgehead atoms. The zero-order valence-electron chi connectivity index (χ0n) is 11.8. The minimum Gasteiger partial charge on any atom is -0.355 e. The van der Waals surface area contributed by atoms with E-state index < -0.39 is 0 Å². The minimum atomic E-state index is 0.132. The molecule has 0 spiro atoms. The molecular formula is C14H28N2O. The Bertz CT molecular complexity index is 239. The van der Waals surface area contributed by atoms with Crippen molar-refractivity contribution in [1.82, 2.24) is 10.6 Å². The molecule has 1 aliphatic carbocycles. The van der Waals surface area contributed by atoms with Crippen LogP contribution in [0.15, 0.2) is 0 Å². The van der Waals surface area contributed by atoms with E-state index in [4.69, 9.17) is 0 Å². The first-order valence-corrected chi connectivity index (χ1v) is 6.89. The molecule has 0 aromatic rings. The molecule has 1 rings (SSSR count). The van der Waals surface area contributed by atoms with E-state index in [1.165, 1.54) is 25.7 Å². The third-order valence-electron chi connectivity index (χ3n) is 3.99. The van der Waals surface area contributed by atoms with Crippen molar-refractivity contribution in [1.29, 1.82) is 0 Å². The third-order valence-corrected chi connectivity index (χ3v) is 3.99. The van der Waals surface area contributed by atoms with Gasteiger partial charge in [-0.3, -0.25) is 4.79 Å². The average molecular weight is 240 g/mol. The molecule has 1 amide bonds. The molecule has 17 heavy (non-hydrogen) atoms. The van der Waals surface area contributed by atoms with Gasteiger partial charge in [0.1, 0.15) is 0 Å². The summed E-state index contributed by atoms with van der Waals surface area (Å²) in [6, 6.07) is 0.570. The molecule has 0 saturated heterocycles. The predicted molar refractivity (Wildman–Crippen MR) is 71.9 cm³/mol. The summed E-state index contributed by atoms with van der Waals surface area (Å²) < 4.78 is 0. The summed E-state index contributed by atoms with van der Waals surface area (Å²) in [6.45, 7) is 10.1. The van der Waals surface area contributed by atoms with Gasteiger partial charge in [0.2, 0.25) is 5.91 Å². The summed E-state index contributed by atoms with van der Waals surface area (Å²) in [5.74, 6) is 0.630. The van der Waals surface area contributed by atoms with Gasteiger partial charge in [-0.05, 0) is 24.2 Å². The van der Waals surface area contributed by atoms with Crippen molar-refractivity contribution in [2.24, 2.45) is 11.3 Å². The second-order valence-corrected chi connectivity index (χ2v) is 6.43. The molecule has 1 unspecified atom stereocenters. The van der Waals surface area contributed by atoms with E-state index in [0.29, 0.717) is 18.5 Å². The van der Waals surface area contributed by atoms with Gasteiger partial charge in [-0.25, -0.2) is 0 Å². The van der Waals surface area contributed by atoms with Crippen molar-refractivity contribution in [3.05, 3.63) is 0 Å². The van der Waals surface area contributed by atoms with Gasteiger partial charge in [0.05, 0.1) is 6.54 Å². The Kier molecular flexibility index (Phi) is 5.44. The molecule has 100 valence electrons. The largest absolute Gasteiger partial charge is 0.355 e. The predicted octanol–water partition coefficient (Wildman–Crippen LogP) is 2.32. The van der Waals surface area contributed by atoms with E-state index in [2.05, 4.69) is 38.3 Å². The first kappa shape index (κ1) is 14.5. The molecular weight excluding hydrogens is 212 g/mol. The van der Waals surface area contributed by atoms with Gasteiger partial charge in [-0.2, -0.15) is 0 Å². The minimum absolute atomic E-state index is 0.132. The van der Waals surface area contributed by atoms with E-state index in [1.54, 1.807) is 0 Å². The van der Waals surface area contributed by atoms with Crippen LogP contribution < -0.4 is 10.6 Å². The molecule has 1 fully saturated rings. The number of rotatable bonds is 5. The third kappa shape index (κ3) is 5.53. The lowest BCUT2D eigenvalue weighted by Crippen LogP contribution is -2.41. The summed E-state index contributed by atoms with van der Waals surface area (Å²) in [7, 11) is 0. The first-order chi connectivity index (χ1) is 7.89. The van der Waals surface area contributed by atoms with Crippen LogP contribution in [0.3, 0.4) is 0 Å². The Morgan fingerprint density at radius 2 is 1.88 bits per heavy atom. The standard InChI is InChI=1S/C14H28N2O/c1-11(14(2,3)4)9-16-13(17)10-15-12-7-5-6-8-12/h11-12,15H,5-10H2,1-4H3,(H,16,17). The Hall–Kier alpha value is -0.570. The van der Waals surface area contributed by atoms with Crippen molar-refractivity contribution in [2.75, 3.05) is 13.1 Å². The van der Waals surface area contributed by atoms with E-state index >= 15 is 0 Å². The molecule has 3 nitrogen and oxygen atoms in total. The van der Waals surface area contributed by atoms with Crippen LogP contribution in [0.1, 0.15) is 53.4 Å². The summed E-state index contributed by atoms with van der Waals surface area (Å²) in [5.41, 5.74) is 0.256. The molecule has 0 aliphatic heterocycles. The van der Waals surface area contributed by atoms with E-state index in [-0.39, 0.29) is 11.3 Å². The lowest BCUT2D eigenvalue weighted by molar-refractivity contribution is -0.120. The maximum atomic E-state index is 11.7. The van der Waals surface area contributed by atoms with Gasteiger partial charge in [-0.15, -0.1) is 0 Å². The van der Waals surface area contributed by atoms with Crippen LogP contribution >= 0.6 is 0 Å². The highest BCUT2D eigenvalue weighted by molar-refractivity contribution is 5.78. The Morgan fingerprint density at radius 3 is 2.41 bits per heavy atom. The van der Waals surface area contributed by atoms with Gasteiger partial charge >= 0.3 is 0 Å². The van der Waals surface area contributed by atoms with E-state index in [9.17, 15) is 4.79 Å². The Balaban J connectivity index is 2.12. The average Bonchev–Trinajstić information content (AvgIpc) is 2.74. The molecule has 0 aromatic carbocycles. The number of nitrogens with one attached hydrogen (secondary N) is 2. The highest BCUT2D eigenvalue weighted by Crippen LogP contribution is 2.24. The molecule has 0 aromatic heterocycles. The maximum Gasteiger partial charge on any atom is 0.233 e. The van der Waals surface area contributed by atoms with Crippen LogP contribution in [0.25, 0.3) is 0 Å². The van der Waals surface area contributed by atoms with Crippen LogP contribution in [0.5, 0.6) is 0 Å². The highest BCUT2D eigenvalue weighted by atomic mass is 16.1. The number of amides is 1. The first-order valence-electron chi connectivity index (χ1n) is 6.89. The van der Waals surface area contributed by atoms with Crippen LogP contribution in [-0.4, -0.2) is 25.0 Å². The van der Waals surface area contributed by atoms with Crippen molar-refractivity contribution in [3.8, 4) is 0 Å². The summed E-state index contributed by atoms with van der Waals surface area (Å²) in [5, 5.41) is 6.34. The quantitative estimate of drug-likeness (QED) is 0.774. The normalized spacial score (nSPS) is 19.3. The lowest BCUT2D eigenvalue weighted by atomic mass is 9.82. The van der Waals surface area contributed by atoms with Crippen LogP contribution in [0.2, 0.25) is 0 Å². The maximum absolute atomic E-state index is 11.7. The van der Waals surface area contributed by atoms with Gasteiger partial charge in [0, 0.05) is 12.6 Å². The fraction of sp³-hybridized carbons (Fsp3) is 0.929. The van der Waals surface area contributed by atoms with Crippen molar-refractivity contribution >= 4 is 5.91 Å². The number of hydrogen-bond acceptors (Lipinski definition) is 2. The second-order valence-electron chi connectivity index (χ2n) is 6.43. The second kappa shape index (κ2) is 6.39. The topological polar surface area (TPSA) is 41.1 Å². The molecule has 0 heterocycles. The fourth-order valence-corrected chi connectivity index (χ4v) is 2.00. The highest BCUT2D eigenvalue weighted by Gasteiger charge is 2.20. The smallest absolute Gasteiger partial charge is 0.233 e. The monoisotopic (exact) mass is 240 g/mol. The molecule has 1 aliphatic rings. The summed E-state index contributed by atoms with van der Waals surface area (Å²) in [6.07, 6.45) is 5.07. The van der Waals surface area contributed by atoms with Crippen molar-refractivity contribution in [3.63, 3.8) is 0 Å². The molecule has 3 heteroatoms. The molecule has 1 saturated carbocycles. The lowest BCUT2D eigenvalue weighted by Gasteiger charge is -2.27. The van der Waals surface area contributed by atoms with Crippen LogP contribution in [-0.2, 0) is 4.79 Å². The van der Waals surface area contributed by atoms with E-state index in [1.807, 2.05) is 0 Å². The Labute approximate surface area is 106 Å². The van der Waals surface area contributed by atoms with Crippen LogP contribution in [0.4, 0.5) is 0 Å². The van der Waals surface area contributed by atoms with Crippen LogP contribution in [0, 0.1) is 11.3 Å². The van der Waals surface area contributed by atoms with Gasteiger partial charge in [0.15, 0.2) is 0 Å². The number of hydrogen-bond donors (Lipinski definition) is 2. The molecule has 1 atom stereocenters. The number of carbonyl (C=O) groups excluding carboxylic acids is 1. The van der Waals surface area contributed by atoms with Crippen molar-refractivity contribution < 1.29 is 4.79 Å². The van der Waals surface area contributed by atoms with Gasteiger partial charge in [-0.1, -0.05) is 40.5 Å². The zero-order valence-corrected chi connectivity index (χ0v) is 11.8. The van der Waals surface area contributed by atoms with Gasteiger partial charge in [0.25, 0.3) is 0 Å². The zero-order chi connectivity index (χ0) is 12.9. The SMILES string of the molecule is CC(CNC(=O)CNC1CCCC1)C(C)(C)C. The van der Waals surface area contributed by atoms with Crippen molar-refractivity contribution in [2.45, 2.75) is 59.4 Å². The summed E-state index contributed by atoms with van der Waals surface area (Å²) in [4.78, 5) is 11.7. The molecule has 0 radical (unpaired) electrons. The van der Waals surface area contributed by atoms with Gasteiger partial charge < -0.3 is 10.6 Å². The molecule has 2 N–H and O–H groups in total.